The van der Waals surface area contributed by atoms with Crippen molar-refractivity contribution in [1.29, 1.82) is 0 Å². The van der Waals surface area contributed by atoms with Crippen LogP contribution in [0.1, 0.15) is 32.3 Å². The topological polar surface area (TPSA) is 50.4 Å². The van der Waals surface area contributed by atoms with E-state index in [4.69, 9.17) is 4.74 Å². The van der Waals surface area contributed by atoms with Gasteiger partial charge in [-0.15, -0.1) is 0 Å². The zero-order valence-electron chi connectivity index (χ0n) is 13.2. The van der Waals surface area contributed by atoms with Crippen molar-refractivity contribution in [3.63, 3.8) is 0 Å². The summed E-state index contributed by atoms with van der Waals surface area (Å²) in [6, 6.07) is 15.9. The molecule has 22 heavy (non-hydrogen) atoms. The molecule has 0 saturated heterocycles. The van der Waals surface area contributed by atoms with Crippen molar-refractivity contribution in [1.82, 2.24) is 0 Å². The molecular weight excluding hydrogens is 276 g/mol. The zero-order valence-corrected chi connectivity index (χ0v) is 13.2. The maximum atomic E-state index is 11.3. The van der Waals surface area contributed by atoms with Crippen LogP contribution in [0.5, 0.6) is 0 Å². The summed E-state index contributed by atoms with van der Waals surface area (Å²) in [7, 11) is 0. The van der Waals surface area contributed by atoms with E-state index in [0.29, 0.717) is 18.2 Å². The van der Waals surface area contributed by atoms with Crippen LogP contribution in [0, 0.1) is 0 Å². The van der Waals surface area contributed by atoms with Crippen LogP contribution in [0.15, 0.2) is 48.5 Å². The Morgan fingerprint density at radius 1 is 0.955 bits per heavy atom. The Labute approximate surface area is 131 Å². The van der Waals surface area contributed by atoms with Crippen LogP contribution in [0.3, 0.4) is 0 Å². The molecule has 0 aliphatic heterocycles. The summed E-state index contributed by atoms with van der Waals surface area (Å²) in [6.07, 6.45) is -0.438. The number of amides is 1. The largest absolute Gasteiger partial charge is 0.450 e. The first-order valence-electron chi connectivity index (χ1n) is 7.49. The van der Waals surface area contributed by atoms with Gasteiger partial charge in [-0.05, 0) is 54.8 Å². The molecule has 0 unspecified atom stereocenters. The maximum absolute atomic E-state index is 11.3. The number of ether oxygens (including phenoxy) is 1. The van der Waals surface area contributed by atoms with Crippen molar-refractivity contribution in [2.24, 2.45) is 0 Å². The normalized spacial score (nSPS) is 10.4. The summed E-state index contributed by atoms with van der Waals surface area (Å²) < 4.78 is 4.84. The van der Waals surface area contributed by atoms with E-state index in [0.717, 1.165) is 11.4 Å². The molecule has 4 heteroatoms. The number of nitrogens with one attached hydrogen (secondary N) is 2. The number of benzene rings is 2. The third-order valence-corrected chi connectivity index (χ3v) is 3.27. The van der Waals surface area contributed by atoms with E-state index in [-0.39, 0.29) is 0 Å². The fraction of sp³-hybridized carbons (Fsp3) is 0.278. The fourth-order valence-corrected chi connectivity index (χ4v) is 2.04. The third-order valence-electron chi connectivity index (χ3n) is 3.27. The van der Waals surface area contributed by atoms with Crippen molar-refractivity contribution >= 4 is 23.2 Å². The van der Waals surface area contributed by atoms with Gasteiger partial charge >= 0.3 is 6.09 Å². The molecule has 0 aliphatic carbocycles. The van der Waals surface area contributed by atoms with Crippen LogP contribution in [0.4, 0.5) is 21.9 Å². The molecule has 116 valence electrons. The van der Waals surface area contributed by atoms with Crippen LogP contribution in [0.2, 0.25) is 0 Å². The van der Waals surface area contributed by atoms with E-state index in [1.807, 2.05) is 24.3 Å². The fourth-order valence-electron chi connectivity index (χ4n) is 2.04. The van der Waals surface area contributed by atoms with Gasteiger partial charge in [0.05, 0.1) is 6.61 Å². The Balaban J connectivity index is 1.97. The molecule has 0 bridgehead atoms. The van der Waals surface area contributed by atoms with E-state index < -0.39 is 6.09 Å². The number of carbonyl (C=O) groups is 1. The predicted molar refractivity (Wildman–Crippen MR) is 90.9 cm³/mol. The first kappa shape index (κ1) is 15.9. The van der Waals surface area contributed by atoms with Gasteiger partial charge in [0.1, 0.15) is 0 Å². The summed E-state index contributed by atoms with van der Waals surface area (Å²) >= 11 is 0. The highest BCUT2D eigenvalue weighted by atomic mass is 16.5. The van der Waals surface area contributed by atoms with Gasteiger partial charge in [-0.3, -0.25) is 5.32 Å². The van der Waals surface area contributed by atoms with Crippen molar-refractivity contribution in [3.8, 4) is 0 Å². The highest BCUT2D eigenvalue weighted by Gasteiger charge is 2.02. The molecular formula is C18H22N2O2. The molecule has 2 N–H and O–H groups in total. The molecule has 0 atom stereocenters. The minimum absolute atomic E-state index is 0.359. The lowest BCUT2D eigenvalue weighted by Gasteiger charge is -2.10. The van der Waals surface area contributed by atoms with Gasteiger partial charge in [0.2, 0.25) is 0 Å². The predicted octanol–water partition coefficient (Wildman–Crippen LogP) is 5.12. The van der Waals surface area contributed by atoms with Gasteiger partial charge < -0.3 is 10.1 Å². The maximum Gasteiger partial charge on any atom is 0.411 e. The molecule has 0 radical (unpaired) electrons. The lowest BCUT2D eigenvalue weighted by Crippen LogP contribution is -2.13. The lowest BCUT2D eigenvalue weighted by molar-refractivity contribution is 0.168. The molecule has 0 aromatic heterocycles. The van der Waals surface area contributed by atoms with Crippen LogP contribution in [0.25, 0.3) is 0 Å². The smallest absolute Gasteiger partial charge is 0.411 e. The Morgan fingerprint density at radius 3 is 1.95 bits per heavy atom. The minimum Gasteiger partial charge on any atom is -0.450 e. The van der Waals surface area contributed by atoms with Gasteiger partial charge in [-0.2, -0.15) is 0 Å². The molecule has 2 rings (SSSR count). The van der Waals surface area contributed by atoms with Gasteiger partial charge in [0.25, 0.3) is 0 Å². The molecule has 2 aromatic rings. The van der Waals surface area contributed by atoms with Crippen molar-refractivity contribution < 1.29 is 9.53 Å². The summed E-state index contributed by atoms with van der Waals surface area (Å²) in [6.45, 7) is 6.49. The molecule has 0 fully saturated rings. The molecule has 0 spiro atoms. The van der Waals surface area contributed by atoms with Crippen LogP contribution in [-0.4, -0.2) is 12.7 Å². The summed E-state index contributed by atoms with van der Waals surface area (Å²) in [5.74, 6) is 0.530. The van der Waals surface area contributed by atoms with E-state index in [1.165, 1.54) is 5.56 Å². The second-order valence-electron chi connectivity index (χ2n) is 5.32. The molecule has 2 aromatic carbocycles. The molecule has 0 aliphatic rings. The number of rotatable bonds is 5. The van der Waals surface area contributed by atoms with E-state index >= 15 is 0 Å². The molecule has 1 amide bonds. The number of anilines is 3. The third kappa shape index (κ3) is 4.52. The average Bonchev–Trinajstić information content (AvgIpc) is 2.50. The summed E-state index contributed by atoms with van der Waals surface area (Å²) in [4.78, 5) is 11.3. The molecule has 0 saturated carbocycles. The van der Waals surface area contributed by atoms with Crippen LogP contribution in [-0.2, 0) is 4.74 Å². The first-order chi connectivity index (χ1) is 10.6. The van der Waals surface area contributed by atoms with Crippen molar-refractivity contribution in [2.75, 3.05) is 17.2 Å². The number of hydrogen-bond donors (Lipinski definition) is 2. The Hall–Kier alpha value is -2.49. The number of carbonyl (C=O) groups excluding carboxylic acids is 1. The van der Waals surface area contributed by atoms with E-state index in [2.05, 4.69) is 48.7 Å². The van der Waals surface area contributed by atoms with Gasteiger partial charge in [-0.1, -0.05) is 26.0 Å². The van der Waals surface area contributed by atoms with Gasteiger partial charge in [-0.25, -0.2) is 4.79 Å². The Morgan fingerprint density at radius 2 is 1.45 bits per heavy atom. The second-order valence-corrected chi connectivity index (χ2v) is 5.32. The monoisotopic (exact) mass is 298 g/mol. The van der Waals surface area contributed by atoms with Crippen molar-refractivity contribution in [2.45, 2.75) is 26.7 Å². The highest BCUT2D eigenvalue weighted by Crippen LogP contribution is 2.21. The SMILES string of the molecule is CCOC(=O)Nc1ccc(Nc2ccc(C(C)C)cc2)cc1. The summed E-state index contributed by atoms with van der Waals surface area (Å²) in [5, 5.41) is 6.00. The number of hydrogen-bond acceptors (Lipinski definition) is 3. The standard InChI is InChI=1S/C18H22N2O2/c1-4-22-18(21)20-17-11-9-16(10-12-17)19-15-7-5-14(6-8-15)13(2)3/h5-13,19H,4H2,1-3H3,(H,20,21). The lowest BCUT2D eigenvalue weighted by atomic mass is 10.0. The van der Waals surface area contributed by atoms with Gasteiger partial charge in [0, 0.05) is 17.1 Å². The average molecular weight is 298 g/mol. The van der Waals surface area contributed by atoms with Crippen molar-refractivity contribution in [3.05, 3.63) is 54.1 Å². The second kappa shape index (κ2) is 7.50. The first-order valence-corrected chi connectivity index (χ1v) is 7.49. The summed E-state index contributed by atoms with van der Waals surface area (Å²) in [5.41, 5.74) is 4.03. The highest BCUT2D eigenvalue weighted by molar-refractivity contribution is 5.84. The zero-order chi connectivity index (χ0) is 15.9. The van der Waals surface area contributed by atoms with Gasteiger partial charge in [0.15, 0.2) is 0 Å². The Bertz CT molecular complexity index is 604. The van der Waals surface area contributed by atoms with Crippen LogP contribution >= 0.6 is 0 Å². The molecule has 4 nitrogen and oxygen atoms in total. The van der Waals surface area contributed by atoms with Crippen LogP contribution < -0.4 is 10.6 Å². The molecule has 0 heterocycles. The van der Waals surface area contributed by atoms with E-state index in [1.54, 1.807) is 6.92 Å². The Kier molecular flexibility index (Phi) is 5.42. The van der Waals surface area contributed by atoms with E-state index in [9.17, 15) is 4.79 Å². The minimum atomic E-state index is -0.438. The quantitative estimate of drug-likeness (QED) is 0.805.